The number of aromatic nitrogens is 2. The Bertz CT molecular complexity index is 1350. The van der Waals surface area contributed by atoms with Gasteiger partial charge in [0.05, 0.1) is 23.7 Å². The number of hydrogen-bond acceptors (Lipinski definition) is 5. The number of anilines is 1. The summed E-state index contributed by atoms with van der Waals surface area (Å²) in [7, 11) is 0. The molecule has 1 aliphatic heterocycles. The Morgan fingerprint density at radius 1 is 1.08 bits per heavy atom. The maximum absolute atomic E-state index is 14.7. The number of nitrogens with one attached hydrogen (secondary N) is 1. The largest absolute Gasteiger partial charge is 0.478 e. The smallest absolute Gasteiger partial charge is 0.416 e. The number of fused-ring (bicyclic) bond motifs is 1. The summed E-state index contributed by atoms with van der Waals surface area (Å²) in [6.07, 6.45) is -4.57. The van der Waals surface area contributed by atoms with Crippen LogP contribution >= 0.6 is 0 Å². The lowest BCUT2D eigenvalue weighted by Gasteiger charge is -2.22. The summed E-state index contributed by atoms with van der Waals surface area (Å²) in [5, 5.41) is 24.8. The summed E-state index contributed by atoms with van der Waals surface area (Å²) in [4.78, 5) is 25.9. The zero-order valence-electron chi connectivity index (χ0n) is 20.0. The molecular weight excluding hydrogens is 515 g/mol. The molecule has 0 saturated heterocycles. The molecule has 4 rings (SSSR count). The van der Waals surface area contributed by atoms with Gasteiger partial charge in [-0.1, -0.05) is 24.3 Å². The summed E-state index contributed by atoms with van der Waals surface area (Å²) < 4.78 is 70.0. The first-order chi connectivity index (χ1) is 17.8. The number of alkyl halides is 5. The van der Waals surface area contributed by atoms with Crippen LogP contribution in [0.2, 0.25) is 0 Å². The van der Waals surface area contributed by atoms with Crippen molar-refractivity contribution < 1.29 is 41.8 Å². The predicted molar refractivity (Wildman–Crippen MR) is 125 cm³/mol. The van der Waals surface area contributed by atoms with Crippen LogP contribution in [0.4, 0.5) is 27.8 Å². The number of amides is 1. The van der Waals surface area contributed by atoms with Crippen molar-refractivity contribution in [3.8, 4) is 0 Å². The molecule has 1 unspecified atom stereocenters. The summed E-state index contributed by atoms with van der Waals surface area (Å²) in [5.41, 5.74) is -1.53. The molecule has 1 aliphatic rings. The SMILES string of the molecule is CC(NC(=O)c1c(C(F)(F)CO)nn2c1N(Cc1cccc(C(F)(F)F)c1)CC2)c1ccc(C(=O)O)cc1. The number of halogens is 5. The van der Waals surface area contributed by atoms with Crippen LogP contribution in [0.3, 0.4) is 0 Å². The van der Waals surface area contributed by atoms with E-state index in [4.69, 9.17) is 5.11 Å². The monoisotopic (exact) mass is 538 g/mol. The van der Waals surface area contributed by atoms with Crippen LogP contribution in [-0.2, 0) is 25.2 Å². The molecule has 0 radical (unpaired) electrons. The second-order valence-corrected chi connectivity index (χ2v) is 8.87. The summed E-state index contributed by atoms with van der Waals surface area (Å²) in [5.74, 6) is -5.94. The van der Waals surface area contributed by atoms with Crippen molar-refractivity contribution in [2.75, 3.05) is 18.1 Å². The Hall–Kier alpha value is -4.00. The molecule has 0 spiro atoms. The van der Waals surface area contributed by atoms with Gasteiger partial charge in [0, 0.05) is 13.1 Å². The minimum atomic E-state index is -4.57. The lowest BCUT2D eigenvalue weighted by molar-refractivity contribution is -0.137. The number of carboxylic acids is 1. The normalized spacial score (nSPS) is 14.3. The van der Waals surface area contributed by atoms with Crippen LogP contribution in [-0.4, -0.2) is 45.0 Å². The number of aliphatic hydroxyl groups is 1. The van der Waals surface area contributed by atoms with Crippen LogP contribution < -0.4 is 10.2 Å². The molecule has 0 aliphatic carbocycles. The highest BCUT2D eigenvalue weighted by Gasteiger charge is 2.43. The summed E-state index contributed by atoms with van der Waals surface area (Å²) in [6.45, 7) is 0.162. The fraction of sp³-hybridized carbons (Fsp3) is 0.320. The van der Waals surface area contributed by atoms with Crippen molar-refractivity contribution in [3.63, 3.8) is 0 Å². The number of aliphatic hydroxyl groups excluding tert-OH is 1. The highest BCUT2D eigenvalue weighted by Crippen LogP contribution is 2.38. The van der Waals surface area contributed by atoms with Gasteiger partial charge in [-0.2, -0.15) is 27.1 Å². The lowest BCUT2D eigenvalue weighted by atomic mass is 10.0. The molecule has 3 N–H and O–H groups in total. The second-order valence-electron chi connectivity index (χ2n) is 8.87. The van der Waals surface area contributed by atoms with Crippen molar-refractivity contribution in [2.24, 2.45) is 0 Å². The standard InChI is InChI=1S/C25H23F5N4O4/c1-14(16-5-7-17(8-6-16)23(37)38)31-21(36)19-20(24(26,27)13-35)32-34-10-9-33(22(19)34)12-15-3-2-4-18(11-15)25(28,29)30/h2-8,11,14,35H,9-10,12-13H2,1H3,(H,31,36)(H,37,38). The van der Waals surface area contributed by atoms with E-state index in [0.717, 1.165) is 12.1 Å². The van der Waals surface area contributed by atoms with Gasteiger partial charge in [-0.05, 0) is 42.3 Å². The number of carbonyl (C=O) groups excluding carboxylic acids is 1. The summed E-state index contributed by atoms with van der Waals surface area (Å²) in [6, 6.07) is 9.45. The van der Waals surface area contributed by atoms with Gasteiger partial charge in [-0.3, -0.25) is 4.79 Å². The fourth-order valence-corrected chi connectivity index (χ4v) is 4.28. The van der Waals surface area contributed by atoms with E-state index in [1.165, 1.54) is 46.0 Å². The topological polar surface area (TPSA) is 108 Å². The first-order valence-electron chi connectivity index (χ1n) is 11.5. The number of carbonyl (C=O) groups is 2. The van der Waals surface area contributed by atoms with E-state index < -0.39 is 53.4 Å². The number of hydrogen-bond donors (Lipinski definition) is 3. The second kappa shape index (κ2) is 10.0. The molecule has 1 amide bonds. The number of aromatic carboxylic acids is 1. The van der Waals surface area contributed by atoms with E-state index in [0.29, 0.717) is 5.56 Å². The molecule has 0 fully saturated rings. The van der Waals surface area contributed by atoms with E-state index >= 15 is 0 Å². The van der Waals surface area contributed by atoms with Crippen molar-refractivity contribution in [1.29, 1.82) is 0 Å². The molecule has 0 saturated carbocycles. The van der Waals surface area contributed by atoms with E-state index in [9.17, 15) is 36.6 Å². The van der Waals surface area contributed by atoms with Crippen molar-refractivity contribution in [2.45, 2.75) is 38.2 Å². The molecule has 0 bridgehead atoms. The molecule has 202 valence electrons. The average molecular weight is 538 g/mol. The number of nitrogens with zero attached hydrogens (tertiary/aromatic N) is 3. The first kappa shape index (κ1) is 27.0. The van der Waals surface area contributed by atoms with Crippen LogP contribution in [0, 0.1) is 0 Å². The molecule has 1 atom stereocenters. The quantitative estimate of drug-likeness (QED) is 0.371. The van der Waals surface area contributed by atoms with E-state index in [1.807, 2.05) is 0 Å². The molecule has 3 aromatic rings. The zero-order chi connectivity index (χ0) is 27.8. The number of benzene rings is 2. The Morgan fingerprint density at radius 2 is 1.76 bits per heavy atom. The van der Waals surface area contributed by atoms with E-state index in [-0.39, 0.29) is 36.6 Å². The van der Waals surface area contributed by atoms with Gasteiger partial charge < -0.3 is 20.4 Å². The maximum atomic E-state index is 14.7. The third-order valence-corrected chi connectivity index (χ3v) is 6.21. The lowest BCUT2D eigenvalue weighted by Crippen LogP contribution is -2.32. The third kappa shape index (κ3) is 5.32. The first-order valence-corrected chi connectivity index (χ1v) is 11.5. The third-order valence-electron chi connectivity index (χ3n) is 6.21. The van der Waals surface area contributed by atoms with E-state index in [1.54, 1.807) is 6.92 Å². The molecule has 2 heterocycles. The van der Waals surface area contributed by atoms with E-state index in [2.05, 4.69) is 10.4 Å². The Kier molecular flexibility index (Phi) is 7.15. The highest BCUT2D eigenvalue weighted by molar-refractivity contribution is 6.01. The van der Waals surface area contributed by atoms with Crippen LogP contribution in [0.15, 0.2) is 48.5 Å². The van der Waals surface area contributed by atoms with Crippen molar-refractivity contribution >= 4 is 17.7 Å². The Balaban J connectivity index is 1.67. The minimum Gasteiger partial charge on any atom is -0.478 e. The van der Waals surface area contributed by atoms with Gasteiger partial charge in [-0.25, -0.2) is 9.48 Å². The Morgan fingerprint density at radius 3 is 2.37 bits per heavy atom. The van der Waals surface area contributed by atoms with Crippen LogP contribution in [0.25, 0.3) is 0 Å². The van der Waals surface area contributed by atoms with Gasteiger partial charge in [0.25, 0.3) is 5.91 Å². The molecule has 8 nitrogen and oxygen atoms in total. The number of rotatable bonds is 8. The molecule has 2 aromatic carbocycles. The predicted octanol–water partition coefficient (Wildman–Crippen LogP) is 4.20. The van der Waals surface area contributed by atoms with Gasteiger partial charge >= 0.3 is 18.1 Å². The molecular formula is C25H23F5N4O4. The van der Waals surface area contributed by atoms with Crippen LogP contribution in [0.1, 0.15) is 56.1 Å². The Labute approximate surface area is 213 Å². The van der Waals surface area contributed by atoms with Gasteiger partial charge in [0.1, 0.15) is 23.7 Å². The van der Waals surface area contributed by atoms with Gasteiger partial charge in [0.15, 0.2) is 0 Å². The molecule has 13 heteroatoms. The van der Waals surface area contributed by atoms with Gasteiger partial charge in [0.2, 0.25) is 0 Å². The van der Waals surface area contributed by atoms with Crippen LogP contribution in [0.5, 0.6) is 0 Å². The number of carboxylic acid groups (broad SMARTS) is 1. The van der Waals surface area contributed by atoms with Gasteiger partial charge in [-0.15, -0.1) is 0 Å². The molecule has 38 heavy (non-hydrogen) atoms. The zero-order valence-corrected chi connectivity index (χ0v) is 20.0. The highest BCUT2D eigenvalue weighted by atomic mass is 19.4. The maximum Gasteiger partial charge on any atom is 0.416 e. The van der Waals surface area contributed by atoms with Crippen molar-refractivity contribution in [1.82, 2.24) is 15.1 Å². The average Bonchev–Trinajstić information content (AvgIpc) is 3.44. The minimum absolute atomic E-state index is 0.00328. The van der Waals surface area contributed by atoms with Crippen molar-refractivity contribution in [3.05, 3.63) is 82.0 Å². The fourth-order valence-electron chi connectivity index (χ4n) is 4.28. The summed E-state index contributed by atoms with van der Waals surface area (Å²) >= 11 is 0. The molecule has 1 aromatic heterocycles.